The highest BCUT2D eigenvalue weighted by Crippen LogP contribution is 2.22. The van der Waals surface area contributed by atoms with Crippen LogP contribution in [0.15, 0.2) is 18.2 Å². The van der Waals surface area contributed by atoms with Gasteiger partial charge in [0.1, 0.15) is 0 Å². The first-order valence-corrected chi connectivity index (χ1v) is 4.09. The second-order valence-corrected chi connectivity index (χ2v) is 2.66. The molecule has 0 unspecified atom stereocenters. The van der Waals surface area contributed by atoms with E-state index in [0.717, 1.165) is 0 Å². The molecule has 1 amide bonds. The van der Waals surface area contributed by atoms with E-state index in [0.29, 0.717) is 23.5 Å². The van der Waals surface area contributed by atoms with Gasteiger partial charge >= 0.3 is 0 Å². The molecule has 4 heteroatoms. The molecule has 0 heterocycles. The van der Waals surface area contributed by atoms with E-state index >= 15 is 0 Å². The van der Waals surface area contributed by atoms with E-state index in [-0.39, 0.29) is 0 Å². The van der Waals surface area contributed by atoms with Crippen LogP contribution in [0.25, 0.3) is 0 Å². The topological polar surface area (TPSA) is 81.1 Å². The van der Waals surface area contributed by atoms with E-state index < -0.39 is 5.91 Å². The first kappa shape index (κ1) is 9.38. The first-order chi connectivity index (χ1) is 6.16. The molecule has 0 atom stereocenters. The lowest BCUT2D eigenvalue weighted by Crippen LogP contribution is -2.15. The molecule has 0 aliphatic carbocycles. The van der Waals surface area contributed by atoms with Gasteiger partial charge in [-0.2, -0.15) is 0 Å². The summed E-state index contributed by atoms with van der Waals surface area (Å²) < 4.78 is 0. The van der Waals surface area contributed by atoms with Crippen LogP contribution in [-0.2, 0) is 0 Å². The monoisotopic (exact) mass is 179 g/mol. The molecule has 1 rings (SSSR count). The van der Waals surface area contributed by atoms with Gasteiger partial charge in [0.05, 0.1) is 16.9 Å². The Bertz CT molecular complexity index is 323. The maximum Gasteiger partial charge on any atom is 0.250 e. The summed E-state index contributed by atoms with van der Waals surface area (Å²) in [6.45, 7) is 2.63. The summed E-state index contributed by atoms with van der Waals surface area (Å²) in [5.74, 6) is -0.469. The van der Waals surface area contributed by atoms with Crippen molar-refractivity contribution in [3.8, 4) is 0 Å². The molecule has 0 aromatic heterocycles. The molecule has 5 N–H and O–H groups in total. The molecule has 0 radical (unpaired) electrons. The zero-order valence-electron chi connectivity index (χ0n) is 7.50. The molecule has 0 saturated heterocycles. The number of anilines is 2. The highest BCUT2D eigenvalue weighted by molar-refractivity contribution is 6.01. The van der Waals surface area contributed by atoms with Gasteiger partial charge in [-0.1, -0.05) is 6.07 Å². The average Bonchev–Trinajstić information content (AvgIpc) is 2.08. The predicted octanol–water partition coefficient (Wildman–Crippen LogP) is 0.800. The van der Waals surface area contributed by atoms with Crippen LogP contribution >= 0.6 is 0 Å². The second-order valence-electron chi connectivity index (χ2n) is 2.66. The third kappa shape index (κ3) is 1.90. The van der Waals surface area contributed by atoms with Crippen molar-refractivity contribution in [1.82, 2.24) is 0 Å². The van der Waals surface area contributed by atoms with E-state index in [2.05, 4.69) is 5.32 Å². The summed E-state index contributed by atoms with van der Waals surface area (Å²) in [6.07, 6.45) is 0. The highest BCUT2D eigenvalue weighted by Gasteiger charge is 2.08. The van der Waals surface area contributed by atoms with E-state index in [9.17, 15) is 4.79 Å². The second kappa shape index (κ2) is 3.80. The summed E-state index contributed by atoms with van der Waals surface area (Å²) in [4.78, 5) is 11.0. The lowest BCUT2D eigenvalue weighted by molar-refractivity contribution is 0.100. The van der Waals surface area contributed by atoms with Crippen LogP contribution in [0.3, 0.4) is 0 Å². The first-order valence-electron chi connectivity index (χ1n) is 4.09. The lowest BCUT2D eigenvalue weighted by atomic mass is 10.1. The van der Waals surface area contributed by atoms with Crippen molar-refractivity contribution in [2.75, 3.05) is 17.6 Å². The standard InChI is InChI=1S/C9H13N3O/c1-2-12-8-6(9(11)13)4-3-5-7(8)10/h3-5,12H,2,10H2,1H3,(H2,11,13). The van der Waals surface area contributed by atoms with Crippen LogP contribution in [-0.4, -0.2) is 12.5 Å². The number of hydrogen-bond acceptors (Lipinski definition) is 3. The van der Waals surface area contributed by atoms with E-state index in [4.69, 9.17) is 11.5 Å². The van der Waals surface area contributed by atoms with Crippen molar-refractivity contribution < 1.29 is 4.79 Å². The third-order valence-corrected chi connectivity index (χ3v) is 1.72. The Morgan fingerprint density at radius 3 is 2.77 bits per heavy atom. The molecule has 0 spiro atoms. The minimum atomic E-state index is -0.469. The van der Waals surface area contributed by atoms with Crippen LogP contribution in [0.4, 0.5) is 11.4 Å². The highest BCUT2D eigenvalue weighted by atomic mass is 16.1. The van der Waals surface area contributed by atoms with Gasteiger partial charge in [0.25, 0.3) is 5.91 Å². The summed E-state index contributed by atoms with van der Waals surface area (Å²) in [6, 6.07) is 5.08. The van der Waals surface area contributed by atoms with Gasteiger partial charge < -0.3 is 16.8 Å². The maximum atomic E-state index is 11.0. The Kier molecular flexibility index (Phi) is 2.74. The number of amides is 1. The quantitative estimate of drug-likeness (QED) is 0.600. The molecule has 1 aromatic carbocycles. The Morgan fingerprint density at radius 2 is 2.23 bits per heavy atom. The van der Waals surface area contributed by atoms with Gasteiger partial charge in [0.2, 0.25) is 0 Å². The number of primary amides is 1. The summed E-state index contributed by atoms with van der Waals surface area (Å²) in [5, 5.41) is 3.00. The Morgan fingerprint density at radius 1 is 1.54 bits per heavy atom. The number of nitrogens with two attached hydrogens (primary N) is 2. The molecule has 13 heavy (non-hydrogen) atoms. The normalized spacial score (nSPS) is 9.62. The van der Waals surface area contributed by atoms with Gasteiger partial charge in [-0.05, 0) is 19.1 Å². The summed E-state index contributed by atoms with van der Waals surface area (Å²) in [7, 11) is 0. The zero-order valence-corrected chi connectivity index (χ0v) is 7.50. The van der Waals surface area contributed by atoms with Crippen molar-refractivity contribution in [3.05, 3.63) is 23.8 Å². The lowest BCUT2D eigenvalue weighted by Gasteiger charge is -2.10. The van der Waals surface area contributed by atoms with Gasteiger partial charge in [0.15, 0.2) is 0 Å². The Balaban J connectivity index is 3.17. The molecule has 1 aromatic rings. The Labute approximate surface area is 76.9 Å². The van der Waals surface area contributed by atoms with Crippen molar-refractivity contribution in [2.45, 2.75) is 6.92 Å². The largest absolute Gasteiger partial charge is 0.397 e. The Hall–Kier alpha value is -1.71. The van der Waals surface area contributed by atoms with Crippen molar-refractivity contribution in [2.24, 2.45) is 5.73 Å². The summed E-state index contributed by atoms with van der Waals surface area (Å²) >= 11 is 0. The number of nitrogen functional groups attached to an aromatic ring is 1. The fourth-order valence-electron chi connectivity index (χ4n) is 1.15. The smallest absolute Gasteiger partial charge is 0.250 e. The van der Waals surface area contributed by atoms with Crippen molar-refractivity contribution in [1.29, 1.82) is 0 Å². The fourth-order valence-corrected chi connectivity index (χ4v) is 1.15. The molecular weight excluding hydrogens is 166 g/mol. The fraction of sp³-hybridized carbons (Fsp3) is 0.222. The zero-order chi connectivity index (χ0) is 9.84. The van der Waals surface area contributed by atoms with E-state index in [1.54, 1.807) is 18.2 Å². The number of benzene rings is 1. The molecule has 70 valence electrons. The number of carbonyl (C=O) groups is 1. The number of carbonyl (C=O) groups excluding carboxylic acids is 1. The molecular formula is C9H13N3O. The molecule has 0 fully saturated rings. The minimum Gasteiger partial charge on any atom is -0.397 e. The summed E-state index contributed by atoms with van der Waals surface area (Å²) in [5.41, 5.74) is 12.4. The van der Waals surface area contributed by atoms with Gasteiger partial charge in [-0.3, -0.25) is 4.79 Å². The molecule has 4 nitrogen and oxygen atoms in total. The van der Waals surface area contributed by atoms with Crippen LogP contribution in [0, 0.1) is 0 Å². The van der Waals surface area contributed by atoms with Crippen LogP contribution in [0.1, 0.15) is 17.3 Å². The molecule has 0 aliphatic rings. The number of nitrogens with one attached hydrogen (secondary N) is 1. The molecule has 0 bridgehead atoms. The van der Waals surface area contributed by atoms with Crippen LogP contribution in [0.5, 0.6) is 0 Å². The SMILES string of the molecule is CCNc1c(N)cccc1C(N)=O. The van der Waals surface area contributed by atoms with Gasteiger partial charge in [0, 0.05) is 6.54 Å². The van der Waals surface area contributed by atoms with E-state index in [1.165, 1.54) is 0 Å². The number of para-hydroxylation sites is 1. The third-order valence-electron chi connectivity index (χ3n) is 1.72. The molecule has 0 aliphatic heterocycles. The van der Waals surface area contributed by atoms with Crippen molar-refractivity contribution in [3.63, 3.8) is 0 Å². The van der Waals surface area contributed by atoms with Crippen molar-refractivity contribution >= 4 is 17.3 Å². The van der Waals surface area contributed by atoms with Gasteiger partial charge in [-0.25, -0.2) is 0 Å². The number of hydrogen-bond donors (Lipinski definition) is 3. The maximum absolute atomic E-state index is 11.0. The van der Waals surface area contributed by atoms with E-state index in [1.807, 2.05) is 6.92 Å². The molecule has 0 saturated carbocycles. The number of rotatable bonds is 3. The predicted molar refractivity (Wildman–Crippen MR) is 53.5 cm³/mol. The minimum absolute atomic E-state index is 0.432. The van der Waals surface area contributed by atoms with Crippen LogP contribution in [0.2, 0.25) is 0 Å². The van der Waals surface area contributed by atoms with Crippen LogP contribution < -0.4 is 16.8 Å². The van der Waals surface area contributed by atoms with Gasteiger partial charge in [-0.15, -0.1) is 0 Å². The average molecular weight is 179 g/mol.